The average Bonchev–Trinajstić information content (AvgIpc) is 2.94. The molecule has 1 aliphatic rings. The molecule has 2 heterocycles. The molecule has 0 unspecified atom stereocenters. The van der Waals surface area contributed by atoms with E-state index in [0.717, 1.165) is 29.8 Å². The van der Waals surface area contributed by atoms with E-state index in [-0.39, 0.29) is 11.2 Å². The lowest BCUT2D eigenvalue weighted by atomic mass is 10.1. The Labute approximate surface area is 151 Å². The van der Waals surface area contributed by atoms with Gasteiger partial charge in [0.1, 0.15) is 5.75 Å². The Balaban J connectivity index is 1.46. The minimum atomic E-state index is -0.205. The van der Waals surface area contributed by atoms with Gasteiger partial charge in [0, 0.05) is 18.3 Å². The van der Waals surface area contributed by atoms with Crippen LogP contribution in [0.1, 0.15) is 23.7 Å². The summed E-state index contributed by atoms with van der Waals surface area (Å²) in [7, 11) is 0. The maximum absolute atomic E-state index is 11.7. The molecule has 5 nitrogen and oxygen atoms in total. The number of aliphatic imine (C=N–C) groups is 1. The molecule has 3 rings (SSSR count). The van der Waals surface area contributed by atoms with Crippen LogP contribution in [0.4, 0.5) is 0 Å². The Hall–Kier alpha value is -2.34. The molecule has 0 saturated carbocycles. The highest BCUT2D eigenvalue weighted by molar-refractivity contribution is 8.15. The molecule has 2 N–H and O–H groups in total. The molecule has 1 aliphatic heterocycles. The number of amides is 1. The number of carbonyl (C=O) groups is 1. The summed E-state index contributed by atoms with van der Waals surface area (Å²) >= 11 is 1.33. The predicted molar refractivity (Wildman–Crippen MR) is 101 cm³/mol. The maximum Gasteiger partial charge on any atom is 0.261 e. The van der Waals surface area contributed by atoms with Gasteiger partial charge < -0.3 is 10.5 Å². The number of amidine groups is 1. The second kappa shape index (κ2) is 8.16. The quantitative estimate of drug-likeness (QED) is 0.826. The van der Waals surface area contributed by atoms with Crippen LogP contribution in [0, 0.1) is 0 Å². The Morgan fingerprint density at radius 3 is 2.52 bits per heavy atom. The molecule has 0 spiro atoms. The second-order valence-electron chi connectivity index (χ2n) is 5.85. The molecule has 0 aliphatic carbocycles. The predicted octanol–water partition coefficient (Wildman–Crippen LogP) is 2.76. The van der Waals surface area contributed by atoms with E-state index in [1.54, 1.807) is 0 Å². The summed E-state index contributed by atoms with van der Waals surface area (Å²) in [5.74, 6) is 0.666. The van der Waals surface area contributed by atoms with Crippen molar-refractivity contribution < 1.29 is 9.53 Å². The zero-order valence-corrected chi connectivity index (χ0v) is 15.0. The number of thioether (sulfide) groups is 1. The van der Waals surface area contributed by atoms with Crippen LogP contribution in [-0.2, 0) is 24.1 Å². The lowest BCUT2D eigenvalue weighted by Gasteiger charge is -2.09. The fourth-order valence-electron chi connectivity index (χ4n) is 2.55. The zero-order chi connectivity index (χ0) is 17.6. The molecule has 2 aromatic rings. The van der Waals surface area contributed by atoms with E-state index in [0.29, 0.717) is 18.2 Å². The van der Waals surface area contributed by atoms with Crippen LogP contribution in [0.3, 0.4) is 0 Å². The van der Waals surface area contributed by atoms with Crippen LogP contribution in [0.2, 0.25) is 0 Å². The molecule has 0 radical (unpaired) electrons. The first-order valence-electron chi connectivity index (χ1n) is 8.34. The third-order valence-corrected chi connectivity index (χ3v) is 5.01. The van der Waals surface area contributed by atoms with Crippen LogP contribution in [0.15, 0.2) is 47.6 Å². The van der Waals surface area contributed by atoms with Crippen molar-refractivity contribution in [3.63, 3.8) is 0 Å². The number of pyridine rings is 1. The maximum atomic E-state index is 11.7. The highest BCUT2D eigenvalue weighted by atomic mass is 32.2. The van der Waals surface area contributed by atoms with Gasteiger partial charge in [-0.15, -0.1) is 0 Å². The summed E-state index contributed by atoms with van der Waals surface area (Å²) < 4.78 is 5.77. The fraction of sp³-hybridized carbons (Fsp3) is 0.316. The van der Waals surface area contributed by atoms with Gasteiger partial charge in [0.15, 0.2) is 5.17 Å². The van der Waals surface area contributed by atoms with E-state index < -0.39 is 0 Å². The van der Waals surface area contributed by atoms with Gasteiger partial charge in [0.05, 0.1) is 11.9 Å². The molecular weight excluding hydrogens is 334 g/mol. The number of hydrogen-bond donors (Lipinski definition) is 1. The number of hydrogen-bond acceptors (Lipinski definition) is 5. The molecule has 1 aromatic carbocycles. The fourth-order valence-corrected chi connectivity index (χ4v) is 3.42. The van der Waals surface area contributed by atoms with Gasteiger partial charge in [0.2, 0.25) is 0 Å². The van der Waals surface area contributed by atoms with Crippen LogP contribution < -0.4 is 10.5 Å². The molecule has 0 fully saturated rings. The number of nitrogens with zero attached hydrogens (tertiary/aromatic N) is 2. The molecule has 1 aromatic heterocycles. The number of benzene rings is 1. The van der Waals surface area contributed by atoms with Gasteiger partial charge >= 0.3 is 0 Å². The minimum absolute atomic E-state index is 0.149. The number of aromatic nitrogens is 1. The van der Waals surface area contributed by atoms with E-state index in [1.807, 2.05) is 30.5 Å². The number of carbonyl (C=O) groups excluding carboxylic acids is 1. The van der Waals surface area contributed by atoms with Crippen LogP contribution in [-0.4, -0.2) is 27.9 Å². The number of rotatable bonds is 7. The van der Waals surface area contributed by atoms with Gasteiger partial charge in [-0.05, 0) is 42.2 Å². The number of nitrogens with two attached hydrogens (primary N) is 1. The first kappa shape index (κ1) is 17.5. The number of ether oxygens (including phenoxy) is 1. The summed E-state index contributed by atoms with van der Waals surface area (Å²) in [4.78, 5) is 19.8. The molecule has 130 valence electrons. The zero-order valence-electron chi connectivity index (χ0n) is 14.1. The minimum Gasteiger partial charge on any atom is -0.493 e. The van der Waals surface area contributed by atoms with E-state index >= 15 is 0 Å². The standard InChI is InChI=1S/C19H21N3O2S/c1-2-13-3-6-15(21-12-13)9-10-24-16-7-4-14(5-8-16)11-17-18(23)22-19(20)25-17/h3-8,12,17H,2,9-11H2,1H3,(H2,20,22,23)/t17-/m1/s1. The number of aryl methyl sites for hydroxylation is 1. The molecule has 0 saturated heterocycles. The van der Waals surface area contributed by atoms with Crippen molar-refractivity contribution in [2.75, 3.05) is 6.61 Å². The molecule has 25 heavy (non-hydrogen) atoms. The molecule has 0 bridgehead atoms. The lowest BCUT2D eigenvalue weighted by Crippen LogP contribution is -2.14. The summed E-state index contributed by atoms with van der Waals surface area (Å²) in [5.41, 5.74) is 8.92. The molecule has 1 amide bonds. The van der Waals surface area contributed by atoms with Crippen molar-refractivity contribution in [3.05, 3.63) is 59.4 Å². The van der Waals surface area contributed by atoms with E-state index in [2.05, 4.69) is 29.0 Å². The summed E-state index contributed by atoms with van der Waals surface area (Å²) in [6.45, 7) is 2.70. The normalized spacial score (nSPS) is 16.8. The largest absolute Gasteiger partial charge is 0.493 e. The Morgan fingerprint density at radius 2 is 1.92 bits per heavy atom. The van der Waals surface area contributed by atoms with Crippen molar-refractivity contribution >= 4 is 22.8 Å². The van der Waals surface area contributed by atoms with Crippen molar-refractivity contribution in [2.24, 2.45) is 10.7 Å². The summed E-state index contributed by atoms with van der Waals surface area (Å²) in [6.07, 6.45) is 4.32. The smallest absolute Gasteiger partial charge is 0.261 e. The SMILES string of the molecule is CCc1ccc(CCOc2ccc(C[C@H]3SC(N)=NC3=O)cc2)nc1. The van der Waals surface area contributed by atoms with E-state index in [1.165, 1.54) is 17.3 Å². The van der Waals surface area contributed by atoms with Gasteiger partial charge in [-0.3, -0.25) is 9.78 Å². The Morgan fingerprint density at radius 1 is 1.16 bits per heavy atom. The monoisotopic (exact) mass is 355 g/mol. The second-order valence-corrected chi connectivity index (χ2v) is 7.08. The topological polar surface area (TPSA) is 77.6 Å². The first-order valence-corrected chi connectivity index (χ1v) is 9.22. The highest BCUT2D eigenvalue weighted by Gasteiger charge is 2.26. The third-order valence-electron chi connectivity index (χ3n) is 4.02. The van der Waals surface area contributed by atoms with Crippen molar-refractivity contribution in [3.8, 4) is 5.75 Å². The Bertz CT molecular complexity index is 757. The molecule has 1 atom stereocenters. The summed E-state index contributed by atoms with van der Waals surface area (Å²) in [6, 6.07) is 12.0. The van der Waals surface area contributed by atoms with Crippen molar-refractivity contribution in [1.82, 2.24) is 4.98 Å². The third kappa shape index (κ3) is 4.82. The van der Waals surface area contributed by atoms with Crippen molar-refractivity contribution in [2.45, 2.75) is 31.4 Å². The van der Waals surface area contributed by atoms with Gasteiger partial charge in [-0.1, -0.05) is 36.9 Å². The van der Waals surface area contributed by atoms with Crippen LogP contribution >= 0.6 is 11.8 Å². The first-order chi connectivity index (χ1) is 12.1. The van der Waals surface area contributed by atoms with E-state index in [9.17, 15) is 4.79 Å². The average molecular weight is 355 g/mol. The highest BCUT2D eigenvalue weighted by Crippen LogP contribution is 2.24. The van der Waals surface area contributed by atoms with Crippen LogP contribution in [0.5, 0.6) is 5.75 Å². The van der Waals surface area contributed by atoms with Crippen LogP contribution in [0.25, 0.3) is 0 Å². The van der Waals surface area contributed by atoms with Gasteiger partial charge in [-0.2, -0.15) is 4.99 Å². The van der Waals surface area contributed by atoms with Gasteiger partial charge in [-0.25, -0.2) is 0 Å². The lowest BCUT2D eigenvalue weighted by molar-refractivity contribution is -0.117. The van der Waals surface area contributed by atoms with E-state index in [4.69, 9.17) is 10.5 Å². The molecule has 6 heteroatoms. The summed E-state index contributed by atoms with van der Waals surface area (Å²) in [5, 5.41) is 0.152. The Kier molecular flexibility index (Phi) is 5.71. The molecular formula is C19H21N3O2S. The van der Waals surface area contributed by atoms with Crippen molar-refractivity contribution in [1.29, 1.82) is 0 Å². The van der Waals surface area contributed by atoms with Gasteiger partial charge in [0.25, 0.3) is 5.91 Å².